The van der Waals surface area contributed by atoms with Crippen molar-refractivity contribution in [2.75, 3.05) is 0 Å². The van der Waals surface area contributed by atoms with Gasteiger partial charge >= 0.3 is 20.4 Å². The summed E-state index contributed by atoms with van der Waals surface area (Å²) in [5.41, 5.74) is 14.0. The van der Waals surface area contributed by atoms with E-state index in [2.05, 4.69) is 158 Å². The van der Waals surface area contributed by atoms with Crippen molar-refractivity contribution < 1.29 is 25.2 Å². The fraction of sp³-hybridized carbons (Fsp3) is 0.319. The first-order valence-electron chi connectivity index (χ1n) is 18.7. The molecule has 0 unspecified atom stereocenters. The topological polar surface area (TPSA) is 44.9 Å². The minimum Gasteiger partial charge on any atom is -0.509 e. The van der Waals surface area contributed by atoms with E-state index in [1.54, 1.807) is 0 Å². The molecule has 0 atom stereocenters. The van der Waals surface area contributed by atoms with Gasteiger partial charge in [-0.05, 0) is 102 Å². The molecule has 0 aliphatic rings. The second-order valence-electron chi connectivity index (χ2n) is 15.5. The van der Waals surface area contributed by atoms with E-state index < -0.39 is 0 Å². The van der Waals surface area contributed by atoms with Gasteiger partial charge in [0.1, 0.15) is 5.82 Å². The summed E-state index contributed by atoms with van der Waals surface area (Å²) in [6, 6.07) is 33.0. The molecule has 0 saturated heterocycles. The van der Waals surface area contributed by atoms with Crippen LogP contribution in [0.5, 0.6) is 11.5 Å². The summed E-state index contributed by atoms with van der Waals surface area (Å²) in [5.74, 6) is 3.59. The van der Waals surface area contributed by atoms with Crippen molar-refractivity contribution in [3.63, 3.8) is 0 Å². The SMILES string of the molecule is Cc1ccnc(-n2c3[c-]c(Oc4[c-]c(-n5nc(C)c(-c6c(C(C)C)cc(C(C)C)cc6C(C)C)c5C)cc(C(C)C)c4)ccc3c3ccccc32)c1.[Pd+2]. The summed E-state index contributed by atoms with van der Waals surface area (Å²) in [4.78, 5) is 4.74. The number of aromatic nitrogens is 4. The zero-order valence-electron chi connectivity index (χ0n) is 32.8. The molecule has 5 nitrogen and oxygen atoms in total. The third-order valence-electron chi connectivity index (χ3n) is 10.3. The van der Waals surface area contributed by atoms with E-state index in [-0.39, 0.29) is 26.3 Å². The molecule has 3 aromatic heterocycles. The molecule has 3 heterocycles. The van der Waals surface area contributed by atoms with E-state index in [4.69, 9.17) is 14.8 Å². The van der Waals surface area contributed by atoms with E-state index in [0.29, 0.717) is 29.3 Å². The van der Waals surface area contributed by atoms with E-state index in [1.807, 2.05) is 18.3 Å². The normalized spacial score (nSPS) is 11.8. The number of ether oxygens (including phenoxy) is 1. The monoisotopic (exact) mass is 792 g/mol. The van der Waals surface area contributed by atoms with Gasteiger partial charge in [-0.3, -0.25) is 4.68 Å². The molecule has 0 radical (unpaired) electrons. The third kappa shape index (κ3) is 7.12. The Bertz CT molecular complexity index is 2420. The standard InChI is InChI=1S/C47H50N4O.Pd/c1-27(2)34-21-36(51-33(11)46(32(10)49-51)47-41(29(5)6)23-35(28(3)4)24-42(47)30(7)8)25-38(22-34)52-37-16-17-40-39-14-12-13-15-43(39)50(44(40)26-37)45-20-31(9)18-19-48-45;/h12-24,27-30H,1-11H3;/q-2;+2. The van der Waals surface area contributed by atoms with Crippen LogP contribution in [0.4, 0.5) is 0 Å². The Hall–Kier alpha value is -4.50. The molecule has 7 rings (SSSR count). The van der Waals surface area contributed by atoms with Gasteiger partial charge in [0.2, 0.25) is 0 Å². The number of rotatable bonds is 9. The van der Waals surface area contributed by atoms with Crippen LogP contribution in [0, 0.1) is 32.9 Å². The number of benzene rings is 4. The van der Waals surface area contributed by atoms with Crippen LogP contribution in [0.2, 0.25) is 0 Å². The Morgan fingerprint density at radius 1 is 0.642 bits per heavy atom. The summed E-state index contributed by atoms with van der Waals surface area (Å²) in [6.07, 6.45) is 1.86. The predicted molar refractivity (Wildman–Crippen MR) is 216 cm³/mol. The summed E-state index contributed by atoms with van der Waals surface area (Å²) in [5, 5.41) is 7.45. The first-order chi connectivity index (χ1) is 24.8. The van der Waals surface area contributed by atoms with Gasteiger partial charge in [-0.2, -0.15) is 11.2 Å². The molecule has 0 spiro atoms. The number of fused-ring (bicyclic) bond motifs is 3. The smallest absolute Gasteiger partial charge is 0.509 e. The molecule has 0 aliphatic heterocycles. The molecule has 53 heavy (non-hydrogen) atoms. The molecule has 274 valence electrons. The first kappa shape index (κ1) is 38.2. The molecule has 0 fully saturated rings. The van der Waals surface area contributed by atoms with Gasteiger partial charge in [-0.1, -0.05) is 91.2 Å². The zero-order chi connectivity index (χ0) is 37.0. The zero-order valence-corrected chi connectivity index (χ0v) is 34.4. The van der Waals surface area contributed by atoms with Crippen LogP contribution in [0.1, 0.15) is 118 Å². The molecule has 0 N–H and O–H groups in total. The van der Waals surface area contributed by atoms with Gasteiger partial charge in [-0.15, -0.1) is 41.3 Å². The summed E-state index contributed by atoms with van der Waals surface area (Å²) >= 11 is 0. The van der Waals surface area contributed by atoms with Crippen molar-refractivity contribution in [2.24, 2.45) is 0 Å². The Morgan fingerprint density at radius 3 is 1.94 bits per heavy atom. The Balaban J connectivity index is 0.00000481. The number of nitrogens with zero attached hydrogens (tertiary/aromatic N) is 4. The number of hydrogen-bond donors (Lipinski definition) is 0. The largest absolute Gasteiger partial charge is 2.00 e. The minimum absolute atomic E-state index is 0. The average molecular weight is 793 g/mol. The maximum atomic E-state index is 6.66. The van der Waals surface area contributed by atoms with Crippen LogP contribution in [-0.2, 0) is 20.4 Å². The van der Waals surface area contributed by atoms with Crippen LogP contribution >= 0.6 is 0 Å². The van der Waals surface area contributed by atoms with Crippen LogP contribution < -0.4 is 4.74 Å². The molecule has 0 bridgehead atoms. The number of hydrogen-bond acceptors (Lipinski definition) is 3. The Morgan fingerprint density at radius 2 is 1.30 bits per heavy atom. The van der Waals surface area contributed by atoms with Crippen molar-refractivity contribution in [2.45, 2.75) is 99.8 Å². The maximum Gasteiger partial charge on any atom is 2.00 e. The van der Waals surface area contributed by atoms with E-state index in [1.165, 1.54) is 27.8 Å². The molecule has 4 aromatic carbocycles. The minimum atomic E-state index is 0. The molecule has 6 heteroatoms. The van der Waals surface area contributed by atoms with Crippen LogP contribution in [0.15, 0.2) is 79.0 Å². The summed E-state index contributed by atoms with van der Waals surface area (Å²) in [6.45, 7) is 24.6. The van der Waals surface area contributed by atoms with Gasteiger partial charge < -0.3 is 9.30 Å². The van der Waals surface area contributed by atoms with E-state index >= 15 is 0 Å². The maximum absolute atomic E-state index is 6.66. The van der Waals surface area contributed by atoms with Gasteiger partial charge in [0.05, 0.1) is 5.69 Å². The number of pyridine rings is 1. The van der Waals surface area contributed by atoms with Gasteiger partial charge in [0.25, 0.3) is 0 Å². The Labute approximate surface area is 329 Å². The van der Waals surface area contributed by atoms with Crippen molar-refractivity contribution in [3.8, 4) is 34.1 Å². The molecule has 7 aromatic rings. The van der Waals surface area contributed by atoms with Crippen molar-refractivity contribution in [1.82, 2.24) is 19.3 Å². The first-order valence-corrected chi connectivity index (χ1v) is 18.7. The van der Waals surface area contributed by atoms with Gasteiger partial charge in [0.15, 0.2) is 0 Å². The van der Waals surface area contributed by atoms with Crippen LogP contribution in [0.3, 0.4) is 0 Å². The second kappa shape index (κ2) is 15.1. The van der Waals surface area contributed by atoms with E-state index in [0.717, 1.165) is 55.8 Å². The van der Waals surface area contributed by atoms with Crippen LogP contribution in [0.25, 0.3) is 44.4 Å². The molecular weight excluding hydrogens is 743 g/mol. The van der Waals surface area contributed by atoms with Crippen LogP contribution in [-0.4, -0.2) is 19.3 Å². The number of para-hydroxylation sites is 1. The molecule has 0 saturated carbocycles. The van der Waals surface area contributed by atoms with Crippen molar-refractivity contribution in [3.05, 3.63) is 130 Å². The molecule has 0 amide bonds. The fourth-order valence-electron chi connectivity index (χ4n) is 7.47. The predicted octanol–water partition coefficient (Wildman–Crippen LogP) is 12.8. The number of aryl methyl sites for hydroxylation is 2. The second-order valence-corrected chi connectivity index (χ2v) is 15.5. The third-order valence-corrected chi connectivity index (χ3v) is 10.3. The van der Waals surface area contributed by atoms with Crippen molar-refractivity contribution in [1.29, 1.82) is 0 Å². The van der Waals surface area contributed by atoms with E-state index in [9.17, 15) is 0 Å². The summed E-state index contributed by atoms with van der Waals surface area (Å²) in [7, 11) is 0. The van der Waals surface area contributed by atoms with Crippen molar-refractivity contribution >= 4 is 21.8 Å². The average Bonchev–Trinajstić information content (AvgIpc) is 3.59. The molecular formula is C47H50N4OPd. The van der Waals surface area contributed by atoms with Gasteiger partial charge in [-0.25, -0.2) is 4.98 Å². The quantitative estimate of drug-likeness (QED) is 0.108. The summed E-state index contributed by atoms with van der Waals surface area (Å²) < 4.78 is 10.9. The van der Waals surface area contributed by atoms with Gasteiger partial charge in [0, 0.05) is 34.5 Å². The fourth-order valence-corrected chi connectivity index (χ4v) is 7.47. The Kier molecular flexibility index (Phi) is 10.9. The molecule has 0 aliphatic carbocycles.